The number of hydrogen-bond acceptors (Lipinski definition) is 5. The summed E-state index contributed by atoms with van der Waals surface area (Å²) in [6.45, 7) is 2.71. The second-order valence-electron chi connectivity index (χ2n) is 8.89. The zero-order valence-electron chi connectivity index (χ0n) is 19.2. The van der Waals surface area contributed by atoms with E-state index < -0.39 is 18.2 Å². The molecule has 1 aliphatic heterocycles. The van der Waals surface area contributed by atoms with Crippen molar-refractivity contribution in [1.29, 1.82) is 0 Å². The minimum atomic E-state index is -1.00. The number of rotatable bonds is 9. The Hall–Kier alpha value is -3.39. The van der Waals surface area contributed by atoms with Gasteiger partial charge in [0.1, 0.15) is 6.61 Å². The third-order valence-corrected chi connectivity index (χ3v) is 6.53. The fourth-order valence-corrected chi connectivity index (χ4v) is 4.71. The highest BCUT2D eigenvalue weighted by molar-refractivity contribution is 5.79. The standard InChI is InChI=1S/C26H30N2O6/c1-16(10-11-23(29)27-14-17-12-13-33-24(17)25(30)31)28-26(32)34-15-22-20-8-4-2-6-18(20)19-7-3-5-9-21(19)22/h2-9,16-17,22,24H,10-15H2,1H3,(H,27,29)(H,28,32)(H,30,31)/t16?,17-,24-/m0/s1. The summed E-state index contributed by atoms with van der Waals surface area (Å²) in [6.07, 6.45) is -0.108. The smallest absolute Gasteiger partial charge is 0.407 e. The lowest BCUT2D eigenvalue weighted by Gasteiger charge is -2.18. The summed E-state index contributed by atoms with van der Waals surface area (Å²) in [4.78, 5) is 35.7. The maximum Gasteiger partial charge on any atom is 0.407 e. The van der Waals surface area contributed by atoms with Crippen LogP contribution in [0.15, 0.2) is 48.5 Å². The van der Waals surface area contributed by atoms with Crippen LogP contribution in [0.25, 0.3) is 11.1 Å². The molecule has 1 aliphatic carbocycles. The summed E-state index contributed by atoms with van der Waals surface area (Å²) in [5.41, 5.74) is 4.65. The molecule has 3 N–H and O–H groups in total. The molecule has 0 bridgehead atoms. The van der Waals surface area contributed by atoms with Gasteiger partial charge in [-0.05, 0) is 42.0 Å². The van der Waals surface area contributed by atoms with Gasteiger partial charge in [0.25, 0.3) is 0 Å². The molecule has 1 unspecified atom stereocenters. The summed E-state index contributed by atoms with van der Waals surface area (Å²) in [7, 11) is 0. The molecule has 1 heterocycles. The summed E-state index contributed by atoms with van der Waals surface area (Å²) in [6, 6.07) is 16.1. The molecular formula is C26H30N2O6. The zero-order chi connectivity index (χ0) is 24.1. The molecule has 2 aromatic rings. The first-order valence-corrected chi connectivity index (χ1v) is 11.7. The number of fused-ring (bicyclic) bond motifs is 3. The lowest BCUT2D eigenvalue weighted by molar-refractivity contribution is -0.149. The van der Waals surface area contributed by atoms with Crippen molar-refractivity contribution in [2.24, 2.45) is 5.92 Å². The van der Waals surface area contributed by atoms with E-state index in [9.17, 15) is 14.4 Å². The van der Waals surface area contributed by atoms with Crippen LogP contribution in [0.1, 0.15) is 43.2 Å². The molecule has 1 fully saturated rings. The lowest BCUT2D eigenvalue weighted by atomic mass is 9.98. The average molecular weight is 467 g/mol. The van der Waals surface area contributed by atoms with Crippen LogP contribution in [0.2, 0.25) is 0 Å². The van der Waals surface area contributed by atoms with Gasteiger partial charge < -0.3 is 25.2 Å². The van der Waals surface area contributed by atoms with E-state index in [1.165, 1.54) is 11.1 Å². The van der Waals surface area contributed by atoms with Crippen molar-refractivity contribution in [2.75, 3.05) is 19.8 Å². The number of carboxylic acid groups (broad SMARTS) is 1. The van der Waals surface area contributed by atoms with Gasteiger partial charge in [-0.1, -0.05) is 48.5 Å². The van der Waals surface area contributed by atoms with Crippen LogP contribution >= 0.6 is 0 Å². The van der Waals surface area contributed by atoms with E-state index in [1.54, 1.807) is 0 Å². The number of ether oxygens (including phenoxy) is 2. The summed E-state index contributed by atoms with van der Waals surface area (Å²) >= 11 is 0. The van der Waals surface area contributed by atoms with Crippen LogP contribution in [0.5, 0.6) is 0 Å². The highest BCUT2D eigenvalue weighted by Crippen LogP contribution is 2.44. The predicted molar refractivity (Wildman–Crippen MR) is 125 cm³/mol. The summed E-state index contributed by atoms with van der Waals surface area (Å²) in [5, 5.41) is 14.7. The van der Waals surface area contributed by atoms with E-state index in [0.717, 1.165) is 11.1 Å². The minimum Gasteiger partial charge on any atom is -0.479 e. The molecule has 4 rings (SSSR count). The fraction of sp³-hybridized carbons (Fsp3) is 0.423. The van der Waals surface area contributed by atoms with Crippen molar-refractivity contribution in [3.63, 3.8) is 0 Å². The first kappa shape index (κ1) is 23.8. The van der Waals surface area contributed by atoms with Crippen LogP contribution in [-0.4, -0.2) is 55.0 Å². The average Bonchev–Trinajstić information content (AvgIpc) is 3.43. The van der Waals surface area contributed by atoms with E-state index in [2.05, 4.69) is 34.9 Å². The van der Waals surface area contributed by atoms with Crippen molar-refractivity contribution >= 4 is 18.0 Å². The second-order valence-corrected chi connectivity index (χ2v) is 8.89. The van der Waals surface area contributed by atoms with Gasteiger partial charge >= 0.3 is 12.1 Å². The largest absolute Gasteiger partial charge is 0.479 e. The monoisotopic (exact) mass is 466 g/mol. The van der Waals surface area contributed by atoms with E-state index in [-0.39, 0.29) is 43.4 Å². The number of nitrogens with one attached hydrogen (secondary N) is 2. The van der Waals surface area contributed by atoms with Crippen molar-refractivity contribution in [1.82, 2.24) is 10.6 Å². The van der Waals surface area contributed by atoms with Gasteiger partial charge in [-0.3, -0.25) is 4.79 Å². The Morgan fingerprint density at radius 2 is 1.74 bits per heavy atom. The molecule has 3 atom stereocenters. The maximum absolute atomic E-state index is 12.4. The molecule has 1 saturated heterocycles. The highest BCUT2D eigenvalue weighted by Gasteiger charge is 2.34. The van der Waals surface area contributed by atoms with Crippen LogP contribution < -0.4 is 10.6 Å². The molecule has 0 aromatic heterocycles. The van der Waals surface area contributed by atoms with Crippen LogP contribution in [0.3, 0.4) is 0 Å². The number of carbonyl (C=O) groups is 3. The first-order valence-electron chi connectivity index (χ1n) is 11.7. The number of amides is 2. The van der Waals surface area contributed by atoms with Gasteiger partial charge in [-0.25, -0.2) is 9.59 Å². The van der Waals surface area contributed by atoms with E-state index in [0.29, 0.717) is 19.4 Å². The van der Waals surface area contributed by atoms with Crippen molar-refractivity contribution < 1.29 is 29.0 Å². The number of aliphatic carboxylic acids is 1. The van der Waals surface area contributed by atoms with Crippen molar-refractivity contribution in [3.8, 4) is 11.1 Å². The molecule has 0 saturated carbocycles. The Morgan fingerprint density at radius 3 is 2.38 bits per heavy atom. The Bertz CT molecular complexity index is 1010. The minimum absolute atomic E-state index is 0.00608. The van der Waals surface area contributed by atoms with Crippen molar-refractivity contribution in [3.05, 3.63) is 59.7 Å². The van der Waals surface area contributed by atoms with Crippen molar-refractivity contribution in [2.45, 2.75) is 44.2 Å². The Kier molecular flexibility index (Phi) is 7.47. The predicted octanol–water partition coefficient (Wildman–Crippen LogP) is 3.30. The number of carbonyl (C=O) groups excluding carboxylic acids is 2. The molecule has 8 heteroatoms. The molecule has 180 valence electrons. The van der Waals surface area contributed by atoms with Crippen LogP contribution in [-0.2, 0) is 19.1 Å². The number of carboxylic acids is 1. The molecule has 34 heavy (non-hydrogen) atoms. The molecule has 2 aromatic carbocycles. The van der Waals surface area contributed by atoms with E-state index in [1.807, 2.05) is 31.2 Å². The molecule has 2 aliphatic rings. The number of benzene rings is 2. The summed E-state index contributed by atoms with van der Waals surface area (Å²) in [5.74, 6) is -1.42. The fourth-order valence-electron chi connectivity index (χ4n) is 4.71. The Labute approximate surface area is 198 Å². The normalized spacial score (nSPS) is 19.7. The van der Waals surface area contributed by atoms with Gasteiger partial charge in [0.15, 0.2) is 6.10 Å². The van der Waals surface area contributed by atoms with Gasteiger partial charge in [0, 0.05) is 37.5 Å². The molecule has 8 nitrogen and oxygen atoms in total. The van der Waals surface area contributed by atoms with Gasteiger partial charge in [-0.2, -0.15) is 0 Å². The van der Waals surface area contributed by atoms with E-state index >= 15 is 0 Å². The van der Waals surface area contributed by atoms with Crippen LogP contribution in [0.4, 0.5) is 4.79 Å². The van der Waals surface area contributed by atoms with Gasteiger partial charge in [0.05, 0.1) is 0 Å². The highest BCUT2D eigenvalue weighted by atomic mass is 16.5. The number of alkyl carbamates (subject to hydrolysis) is 1. The molecule has 0 radical (unpaired) electrons. The zero-order valence-corrected chi connectivity index (χ0v) is 19.2. The molecule has 2 amide bonds. The third-order valence-electron chi connectivity index (χ3n) is 6.53. The molecular weight excluding hydrogens is 436 g/mol. The first-order chi connectivity index (χ1) is 16.4. The summed E-state index contributed by atoms with van der Waals surface area (Å²) < 4.78 is 10.7. The number of hydrogen-bond donors (Lipinski definition) is 3. The van der Waals surface area contributed by atoms with E-state index in [4.69, 9.17) is 14.6 Å². The Balaban J connectivity index is 1.20. The van der Waals surface area contributed by atoms with Gasteiger partial charge in [-0.15, -0.1) is 0 Å². The Morgan fingerprint density at radius 1 is 1.09 bits per heavy atom. The lowest BCUT2D eigenvalue weighted by Crippen LogP contribution is -2.38. The molecule has 0 spiro atoms. The second kappa shape index (κ2) is 10.7. The van der Waals surface area contributed by atoms with Gasteiger partial charge in [0.2, 0.25) is 5.91 Å². The maximum atomic E-state index is 12.4. The third kappa shape index (κ3) is 5.39. The quantitative estimate of drug-likeness (QED) is 0.523. The topological polar surface area (TPSA) is 114 Å². The SMILES string of the molecule is CC(CCC(=O)NC[C@@H]1CCO[C@@H]1C(=O)O)NC(=O)OCC1c2ccccc2-c2ccccc21. The van der Waals surface area contributed by atoms with Crippen LogP contribution in [0, 0.1) is 5.92 Å².